The Hall–Kier alpha value is -2.08. The van der Waals surface area contributed by atoms with Gasteiger partial charge in [-0.25, -0.2) is 9.67 Å². The number of nitrogens with zero attached hydrogens (tertiary/aromatic N) is 4. The zero-order chi connectivity index (χ0) is 22.1. The lowest BCUT2D eigenvalue weighted by atomic mass is 10.1. The van der Waals surface area contributed by atoms with E-state index in [0.717, 1.165) is 61.5 Å². The molecule has 0 saturated carbocycles. The summed E-state index contributed by atoms with van der Waals surface area (Å²) in [5.41, 5.74) is 1.19. The van der Waals surface area contributed by atoms with Gasteiger partial charge in [0.25, 0.3) is 0 Å². The first-order valence-corrected chi connectivity index (χ1v) is 10.9. The van der Waals surface area contributed by atoms with E-state index >= 15 is 0 Å². The van der Waals surface area contributed by atoms with Crippen LogP contribution in [-0.2, 0) is 30.7 Å². The Morgan fingerprint density at radius 2 is 2.00 bits per heavy atom. The highest BCUT2D eigenvalue weighted by Crippen LogP contribution is 2.28. The first-order valence-electron chi connectivity index (χ1n) is 10.9. The van der Waals surface area contributed by atoms with Gasteiger partial charge in [-0.15, -0.1) is 24.0 Å². The SMILES string of the molecule is CCOc1ccc(CCNC(=NC)NC2CCc3nc(COC)nn3C2)cc1OCC.I. The molecule has 9 nitrogen and oxygen atoms in total. The number of aliphatic imine (C=N–C) groups is 1. The third kappa shape index (κ3) is 7.22. The number of hydrogen-bond donors (Lipinski definition) is 2. The smallest absolute Gasteiger partial charge is 0.191 e. The van der Waals surface area contributed by atoms with Crippen LogP contribution in [0.3, 0.4) is 0 Å². The standard InChI is InChI=1S/C22H34N6O3.HI/c1-5-30-18-9-7-16(13-19(18)31-6-2)11-12-24-22(23-3)25-17-8-10-21-26-20(15-29-4)27-28(21)14-17;/h7,9,13,17H,5-6,8,10-12,14-15H2,1-4H3,(H2,23,24,25);1H. The van der Waals surface area contributed by atoms with E-state index in [1.807, 2.05) is 24.6 Å². The Balaban J connectivity index is 0.00000363. The van der Waals surface area contributed by atoms with Crippen molar-refractivity contribution < 1.29 is 14.2 Å². The largest absolute Gasteiger partial charge is 0.490 e. The Labute approximate surface area is 207 Å². The zero-order valence-corrected chi connectivity index (χ0v) is 21.7. The number of hydrogen-bond acceptors (Lipinski definition) is 6. The van der Waals surface area contributed by atoms with Crippen molar-refractivity contribution in [1.29, 1.82) is 0 Å². The molecule has 1 aromatic carbocycles. The van der Waals surface area contributed by atoms with Crippen molar-refractivity contribution in [2.24, 2.45) is 4.99 Å². The highest BCUT2D eigenvalue weighted by Gasteiger charge is 2.22. The number of nitrogens with one attached hydrogen (secondary N) is 2. The van der Waals surface area contributed by atoms with Crippen LogP contribution in [0.25, 0.3) is 0 Å². The van der Waals surface area contributed by atoms with Gasteiger partial charge in [0.2, 0.25) is 0 Å². The predicted octanol–water partition coefficient (Wildman–Crippen LogP) is 2.56. The van der Waals surface area contributed by atoms with Crippen LogP contribution in [0.4, 0.5) is 0 Å². The quantitative estimate of drug-likeness (QED) is 0.263. The molecule has 2 aromatic rings. The van der Waals surface area contributed by atoms with Gasteiger partial charge in [-0.3, -0.25) is 4.99 Å². The summed E-state index contributed by atoms with van der Waals surface area (Å²) < 4.78 is 18.5. The monoisotopic (exact) mass is 558 g/mol. The van der Waals surface area contributed by atoms with Gasteiger partial charge in [-0.1, -0.05) is 6.07 Å². The summed E-state index contributed by atoms with van der Waals surface area (Å²) >= 11 is 0. The molecule has 0 saturated heterocycles. The predicted molar refractivity (Wildman–Crippen MR) is 135 cm³/mol. The van der Waals surface area contributed by atoms with Crippen molar-refractivity contribution >= 4 is 29.9 Å². The maximum atomic E-state index is 5.72. The molecule has 10 heteroatoms. The van der Waals surface area contributed by atoms with Crippen LogP contribution in [0.1, 0.15) is 37.5 Å². The van der Waals surface area contributed by atoms with Crippen LogP contribution in [0.2, 0.25) is 0 Å². The van der Waals surface area contributed by atoms with Gasteiger partial charge < -0.3 is 24.8 Å². The first kappa shape index (κ1) is 26.2. The molecular formula is C22H35IN6O3. The molecular weight excluding hydrogens is 523 g/mol. The topological polar surface area (TPSA) is 94.8 Å². The van der Waals surface area contributed by atoms with Crippen molar-refractivity contribution in [2.75, 3.05) is 33.9 Å². The average Bonchev–Trinajstić information content (AvgIpc) is 3.17. The summed E-state index contributed by atoms with van der Waals surface area (Å²) in [6.45, 7) is 7.15. The normalized spacial score (nSPS) is 15.5. The van der Waals surface area contributed by atoms with Gasteiger partial charge in [-0.2, -0.15) is 5.10 Å². The highest BCUT2D eigenvalue weighted by molar-refractivity contribution is 14.0. The van der Waals surface area contributed by atoms with Crippen LogP contribution in [0, 0.1) is 0 Å². The molecule has 32 heavy (non-hydrogen) atoms. The summed E-state index contributed by atoms with van der Waals surface area (Å²) in [6.07, 6.45) is 2.73. The van der Waals surface area contributed by atoms with Gasteiger partial charge in [-0.05, 0) is 44.4 Å². The molecule has 1 atom stereocenters. The number of guanidine groups is 1. The summed E-state index contributed by atoms with van der Waals surface area (Å²) in [6, 6.07) is 6.37. The molecule has 1 unspecified atom stereocenters. The fraction of sp³-hybridized carbons (Fsp3) is 0.591. The van der Waals surface area contributed by atoms with Gasteiger partial charge >= 0.3 is 0 Å². The minimum Gasteiger partial charge on any atom is -0.490 e. The Morgan fingerprint density at radius 1 is 1.22 bits per heavy atom. The van der Waals surface area contributed by atoms with E-state index in [0.29, 0.717) is 19.8 Å². The van der Waals surface area contributed by atoms with Crippen molar-refractivity contribution in [3.63, 3.8) is 0 Å². The maximum Gasteiger partial charge on any atom is 0.191 e. The zero-order valence-electron chi connectivity index (χ0n) is 19.4. The number of halogens is 1. The Morgan fingerprint density at radius 3 is 2.72 bits per heavy atom. The molecule has 0 aliphatic carbocycles. The summed E-state index contributed by atoms with van der Waals surface area (Å²) in [5.74, 6) is 4.14. The van der Waals surface area contributed by atoms with E-state index in [9.17, 15) is 0 Å². The molecule has 0 spiro atoms. The second kappa shape index (κ2) is 13.5. The molecule has 2 N–H and O–H groups in total. The van der Waals surface area contributed by atoms with Crippen LogP contribution in [0.5, 0.6) is 11.5 Å². The maximum absolute atomic E-state index is 5.72. The summed E-state index contributed by atoms with van der Waals surface area (Å²) in [4.78, 5) is 8.90. The third-order valence-electron chi connectivity index (χ3n) is 5.05. The molecule has 2 heterocycles. The number of ether oxygens (including phenoxy) is 3. The minimum absolute atomic E-state index is 0. The van der Waals surface area contributed by atoms with Crippen LogP contribution < -0.4 is 20.1 Å². The first-order chi connectivity index (χ1) is 15.2. The van der Waals surface area contributed by atoms with E-state index in [4.69, 9.17) is 14.2 Å². The van der Waals surface area contributed by atoms with Crippen molar-refractivity contribution in [3.8, 4) is 11.5 Å². The van der Waals surface area contributed by atoms with Crippen LogP contribution in [0.15, 0.2) is 23.2 Å². The van der Waals surface area contributed by atoms with E-state index in [1.165, 1.54) is 5.56 Å². The number of methoxy groups -OCH3 is 1. The Bertz CT molecular complexity index is 873. The summed E-state index contributed by atoms with van der Waals surface area (Å²) in [5, 5.41) is 11.4. The Kier molecular flexibility index (Phi) is 11.0. The third-order valence-corrected chi connectivity index (χ3v) is 5.05. The molecule has 0 amide bonds. The van der Waals surface area contributed by atoms with Gasteiger partial charge in [0.15, 0.2) is 23.3 Å². The number of benzene rings is 1. The lowest BCUT2D eigenvalue weighted by Crippen LogP contribution is -2.47. The highest BCUT2D eigenvalue weighted by atomic mass is 127. The van der Waals surface area contributed by atoms with Crippen LogP contribution in [-0.4, -0.2) is 60.7 Å². The molecule has 178 valence electrons. The van der Waals surface area contributed by atoms with Gasteiger partial charge in [0.1, 0.15) is 12.4 Å². The second-order valence-electron chi connectivity index (χ2n) is 7.34. The lowest BCUT2D eigenvalue weighted by molar-refractivity contribution is 0.177. The fourth-order valence-corrected chi connectivity index (χ4v) is 3.63. The van der Waals surface area contributed by atoms with E-state index < -0.39 is 0 Å². The number of rotatable bonds is 10. The van der Waals surface area contributed by atoms with E-state index in [-0.39, 0.29) is 30.0 Å². The molecule has 0 radical (unpaired) electrons. The fourth-order valence-electron chi connectivity index (χ4n) is 3.63. The minimum atomic E-state index is 0. The summed E-state index contributed by atoms with van der Waals surface area (Å²) in [7, 11) is 3.45. The van der Waals surface area contributed by atoms with Crippen molar-refractivity contribution in [3.05, 3.63) is 35.4 Å². The lowest BCUT2D eigenvalue weighted by Gasteiger charge is -2.25. The van der Waals surface area contributed by atoms with E-state index in [2.05, 4.69) is 37.8 Å². The van der Waals surface area contributed by atoms with Gasteiger partial charge in [0, 0.05) is 33.2 Å². The molecule has 1 aliphatic rings. The molecule has 0 bridgehead atoms. The number of aryl methyl sites for hydroxylation is 1. The second-order valence-corrected chi connectivity index (χ2v) is 7.34. The molecule has 1 aliphatic heterocycles. The van der Waals surface area contributed by atoms with Crippen LogP contribution >= 0.6 is 24.0 Å². The number of aromatic nitrogens is 3. The van der Waals surface area contributed by atoms with Crippen molar-refractivity contribution in [2.45, 2.75) is 52.3 Å². The van der Waals surface area contributed by atoms with Gasteiger partial charge in [0.05, 0.1) is 19.8 Å². The molecule has 0 fully saturated rings. The van der Waals surface area contributed by atoms with Crippen molar-refractivity contribution in [1.82, 2.24) is 25.4 Å². The average molecular weight is 558 g/mol. The van der Waals surface area contributed by atoms with E-state index in [1.54, 1.807) is 14.2 Å². The molecule has 3 rings (SSSR count). The number of fused-ring (bicyclic) bond motifs is 1. The molecule has 1 aromatic heterocycles.